The summed E-state index contributed by atoms with van der Waals surface area (Å²) in [5, 5.41) is 16.1. The Balaban J connectivity index is 1.54. The van der Waals surface area contributed by atoms with Crippen LogP contribution in [0.4, 0.5) is 5.69 Å². The van der Waals surface area contributed by atoms with Gasteiger partial charge in [-0.2, -0.15) is 0 Å². The molecule has 2 aromatic heterocycles. The predicted molar refractivity (Wildman–Crippen MR) is 106 cm³/mol. The molecule has 3 aromatic rings. The van der Waals surface area contributed by atoms with Crippen LogP contribution < -0.4 is 5.32 Å². The first-order chi connectivity index (χ1) is 13.6. The number of nitrogens with one attached hydrogen (secondary N) is 1. The van der Waals surface area contributed by atoms with Crippen LogP contribution in [0.5, 0.6) is 0 Å². The van der Waals surface area contributed by atoms with E-state index >= 15 is 0 Å². The van der Waals surface area contributed by atoms with E-state index in [2.05, 4.69) is 20.8 Å². The average molecular weight is 396 g/mol. The summed E-state index contributed by atoms with van der Waals surface area (Å²) < 4.78 is 1.55. The van der Waals surface area contributed by atoms with Crippen LogP contribution in [-0.4, -0.2) is 49.5 Å². The molecule has 1 N–H and O–H groups in total. The van der Waals surface area contributed by atoms with Gasteiger partial charge in [0, 0.05) is 12.2 Å². The first-order valence-electron chi connectivity index (χ1n) is 9.13. The molecule has 0 aliphatic carbocycles. The third kappa shape index (κ3) is 3.65. The zero-order valence-corrected chi connectivity index (χ0v) is 16.2. The maximum Gasteiger partial charge on any atom is 0.264 e. The molecule has 1 atom stereocenters. The summed E-state index contributed by atoms with van der Waals surface area (Å²) >= 11 is 1.40. The normalized spacial score (nSPS) is 16.8. The Morgan fingerprint density at radius 2 is 2.14 bits per heavy atom. The minimum atomic E-state index is -0.471. The number of hydrogen-bond acceptors (Lipinski definition) is 6. The van der Waals surface area contributed by atoms with Crippen LogP contribution in [0.25, 0.3) is 5.69 Å². The number of hydrogen-bond donors (Lipinski definition) is 1. The molecule has 1 unspecified atom stereocenters. The summed E-state index contributed by atoms with van der Waals surface area (Å²) in [5.41, 5.74) is 2.42. The highest BCUT2D eigenvalue weighted by Gasteiger charge is 2.33. The van der Waals surface area contributed by atoms with E-state index in [9.17, 15) is 9.59 Å². The molecule has 1 aliphatic rings. The number of nitrogens with zero attached hydrogens (tertiary/aromatic N) is 5. The smallest absolute Gasteiger partial charge is 0.264 e. The molecule has 1 aliphatic heterocycles. The van der Waals surface area contributed by atoms with E-state index in [4.69, 9.17) is 0 Å². The summed E-state index contributed by atoms with van der Waals surface area (Å²) in [5.74, 6) is -0.246. The second kappa shape index (κ2) is 7.89. The lowest BCUT2D eigenvalue weighted by atomic mass is 10.0. The Hall–Kier alpha value is -3.07. The van der Waals surface area contributed by atoms with Crippen LogP contribution in [0, 0.1) is 6.92 Å². The number of carbonyl (C=O) groups excluding carboxylic acids is 2. The zero-order valence-electron chi connectivity index (χ0n) is 15.4. The van der Waals surface area contributed by atoms with Gasteiger partial charge in [-0.25, -0.2) is 4.68 Å². The van der Waals surface area contributed by atoms with Crippen molar-refractivity contribution in [3.8, 4) is 5.69 Å². The van der Waals surface area contributed by atoms with Crippen LogP contribution in [0.15, 0.2) is 42.0 Å². The van der Waals surface area contributed by atoms with E-state index < -0.39 is 6.04 Å². The minimum Gasteiger partial charge on any atom is -0.326 e. The highest BCUT2D eigenvalue weighted by Crippen LogP contribution is 2.24. The van der Waals surface area contributed by atoms with Crippen molar-refractivity contribution in [3.63, 3.8) is 0 Å². The topological polar surface area (TPSA) is 93.0 Å². The highest BCUT2D eigenvalue weighted by molar-refractivity contribution is 7.12. The molecule has 1 aromatic carbocycles. The average Bonchev–Trinajstić information content (AvgIpc) is 3.43. The van der Waals surface area contributed by atoms with Gasteiger partial charge in [0.1, 0.15) is 12.4 Å². The molecule has 8 nitrogen and oxygen atoms in total. The molecule has 2 amide bonds. The van der Waals surface area contributed by atoms with E-state index in [0.29, 0.717) is 23.5 Å². The summed E-state index contributed by atoms with van der Waals surface area (Å²) in [6.45, 7) is 2.55. The third-order valence-corrected chi connectivity index (χ3v) is 5.73. The molecule has 28 heavy (non-hydrogen) atoms. The monoisotopic (exact) mass is 396 g/mol. The number of benzene rings is 1. The number of aryl methyl sites for hydroxylation is 1. The van der Waals surface area contributed by atoms with E-state index in [-0.39, 0.29) is 11.8 Å². The molecular formula is C19H20N6O2S. The van der Waals surface area contributed by atoms with Gasteiger partial charge < -0.3 is 10.2 Å². The van der Waals surface area contributed by atoms with Gasteiger partial charge in [-0.15, -0.1) is 16.4 Å². The SMILES string of the molecule is Cc1ccc(NC(=O)C2CCCCN2C(=O)c2cccs2)cc1-n1cnnn1. The van der Waals surface area contributed by atoms with E-state index in [1.165, 1.54) is 17.7 Å². The second-order valence-electron chi connectivity index (χ2n) is 6.73. The van der Waals surface area contributed by atoms with Crippen molar-refractivity contribution in [1.82, 2.24) is 25.1 Å². The predicted octanol–water partition coefficient (Wildman–Crippen LogP) is 2.67. The molecule has 4 rings (SSSR count). The number of rotatable bonds is 4. The van der Waals surface area contributed by atoms with Crippen molar-refractivity contribution in [3.05, 3.63) is 52.5 Å². The number of thiophene rings is 1. The molecule has 9 heteroatoms. The van der Waals surface area contributed by atoms with Gasteiger partial charge in [-0.05, 0) is 65.8 Å². The van der Waals surface area contributed by atoms with Crippen molar-refractivity contribution in [2.75, 3.05) is 11.9 Å². The number of carbonyl (C=O) groups is 2. The van der Waals surface area contributed by atoms with Gasteiger partial charge >= 0.3 is 0 Å². The fourth-order valence-electron chi connectivity index (χ4n) is 3.42. The summed E-state index contributed by atoms with van der Waals surface area (Å²) in [4.78, 5) is 28.2. The Bertz CT molecular complexity index is 970. The number of amides is 2. The number of tetrazole rings is 1. The number of anilines is 1. The zero-order chi connectivity index (χ0) is 19.5. The lowest BCUT2D eigenvalue weighted by Gasteiger charge is -2.34. The van der Waals surface area contributed by atoms with Gasteiger partial charge in [0.15, 0.2) is 0 Å². The van der Waals surface area contributed by atoms with Crippen molar-refractivity contribution >= 4 is 28.8 Å². The summed E-state index contributed by atoms with van der Waals surface area (Å²) in [6.07, 6.45) is 4.01. The van der Waals surface area contributed by atoms with Gasteiger partial charge in [0.2, 0.25) is 5.91 Å². The van der Waals surface area contributed by atoms with Gasteiger partial charge in [-0.1, -0.05) is 12.1 Å². The standard InChI is InChI=1S/C19H20N6O2S/c1-13-7-8-14(11-16(13)25-12-20-22-23-25)21-18(26)15-5-2-3-9-24(15)19(27)17-6-4-10-28-17/h4,6-8,10-12,15H,2-3,5,9H2,1H3,(H,21,26). The molecule has 0 saturated carbocycles. The molecule has 0 bridgehead atoms. The van der Waals surface area contributed by atoms with Crippen molar-refractivity contribution < 1.29 is 9.59 Å². The third-order valence-electron chi connectivity index (χ3n) is 4.87. The van der Waals surface area contributed by atoms with Gasteiger partial charge in [-0.3, -0.25) is 9.59 Å². The Kier molecular flexibility index (Phi) is 5.16. The molecular weight excluding hydrogens is 376 g/mol. The number of piperidine rings is 1. The number of aromatic nitrogens is 4. The molecule has 1 fully saturated rings. The van der Waals surface area contributed by atoms with Gasteiger partial charge in [0.05, 0.1) is 10.6 Å². The quantitative estimate of drug-likeness (QED) is 0.732. The van der Waals surface area contributed by atoms with Crippen LogP contribution in [0.2, 0.25) is 0 Å². The molecule has 0 spiro atoms. The highest BCUT2D eigenvalue weighted by atomic mass is 32.1. The van der Waals surface area contributed by atoms with E-state index in [1.807, 2.05) is 36.6 Å². The van der Waals surface area contributed by atoms with Crippen molar-refractivity contribution in [1.29, 1.82) is 0 Å². The number of likely N-dealkylation sites (tertiary alicyclic amines) is 1. The van der Waals surface area contributed by atoms with Gasteiger partial charge in [0.25, 0.3) is 5.91 Å². The van der Waals surface area contributed by atoms with Crippen LogP contribution in [0.1, 0.15) is 34.5 Å². The van der Waals surface area contributed by atoms with E-state index in [1.54, 1.807) is 15.6 Å². The maximum absolute atomic E-state index is 13.0. The Morgan fingerprint density at radius 3 is 2.89 bits per heavy atom. The maximum atomic E-state index is 13.0. The van der Waals surface area contributed by atoms with Crippen molar-refractivity contribution in [2.24, 2.45) is 0 Å². The summed E-state index contributed by atoms with van der Waals surface area (Å²) in [6, 6.07) is 8.76. The fourth-order valence-corrected chi connectivity index (χ4v) is 4.10. The van der Waals surface area contributed by atoms with Crippen LogP contribution in [0.3, 0.4) is 0 Å². The Labute approximate surface area is 166 Å². The molecule has 1 saturated heterocycles. The van der Waals surface area contributed by atoms with Crippen LogP contribution >= 0.6 is 11.3 Å². The summed E-state index contributed by atoms with van der Waals surface area (Å²) in [7, 11) is 0. The van der Waals surface area contributed by atoms with Crippen LogP contribution in [-0.2, 0) is 4.79 Å². The second-order valence-corrected chi connectivity index (χ2v) is 7.68. The lowest BCUT2D eigenvalue weighted by Crippen LogP contribution is -2.49. The van der Waals surface area contributed by atoms with Crippen molar-refractivity contribution in [2.45, 2.75) is 32.2 Å². The first-order valence-corrected chi connectivity index (χ1v) is 10.0. The molecule has 144 valence electrons. The molecule has 3 heterocycles. The first kappa shape index (κ1) is 18.3. The fraction of sp³-hybridized carbons (Fsp3) is 0.316. The lowest BCUT2D eigenvalue weighted by molar-refractivity contribution is -0.121. The minimum absolute atomic E-state index is 0.0758. The van der Waals surface area contributed by atoms with E-state index in [0.717, 1.165) is 24.1 Å². The largest absolute Gasteiger partial charge is 0.326 e. The molecule has 0 radical (unpaired) electrons. The Morgan fingerprint density at radius 1 is 1.25 bits per heavy atom.